The molecule has 0 saturated carbocycles. The molecule has 0 unspecified atom stereocenters. The highest BCUT2D eigenvalue weighted by Crippen LogP contribution is 2.19. The number of hydrogen-bond acceptors (Lipinski definition) is 4. The van der Waals surface area contributed by atoms with Gasteiger partial charge in [-0.25, -0.2) is 13.8 Å². The lowest BCUT2D eigenvalue weighted by atomic mass is 10.2. The van der Waals surface area contributed by atoms with Crippen LogP contribution in [0.2, 0.25) is 0 Å². The maximum Gasteiger partial charge on any atom is 0.272 e. The Morgan fingerprint density at radius 3 is 2.52 bits per heavy atom. The number of rotatable bonds is 3. The first-order chi connectivity index (χ1) is 9.88. The number of halogens is 3. The molecule has 1 amide bonds. The molecule has 1 aromatic heterocycles. The molecule has 6 nitrogen and oxygen atoms in total. The molecule has 0 aliphatic carbocycles. The Kier molecular flexibility index (Phi) is 4.22. The van der Waals surface area contributed by atoms with E-state index in [0.29, 0.717) is 6.07 Å². The van der Waals surface area contributed by atoms with E-state index in [0.717, 1.165) is 18.2 Å². The van der Waals surface area contributed by atoms with E-state index < -0.39 is 28.2 Å². The van der Waals surface area contributed by atoms with Crippen LogP contribution in [0.3, 0.4) is 0 Å². The fraction of sp³-hybridized carbons (Fsp3) is 0. The van der Waals surface area contributed by atoms with Crippen molar-refractivity contribution in [2.75, 3.05) is 5.32 Å². The minimum absolute atomic E-state index is 0.00558. The zero-order chi connectivity index (χ0) is 15.6. The second-order valence-electron chi connectivity index (χ2n) is 3.84. The van der Waals surface area contributed by atoms with Crippen molar-refractivity contribution in [1.82, 2.24) is 4.98 Å². The summed E-state index contributed by atoms with van der Waals surface area (Å²) in [5, 5.41) is 12.7. The molecular weight excluding hydrogens is 352 g/mol. The number of hydrogen-bond donors (Lipinski definition) is 1. The summed E-state index contributed by atoms with van der Waals surface area (Å²) in [6.07, 6.45) is 0. The largest absolute Gasteiger partial charge is 0.306 e. The van der Waals surface area contributed by atoms with Gasteiger partial charge < -0.3 is 5.32 Å². The monoisotopic (exact) mass is 357 g/mol. The molecule has 0 saturated heterocycles. The molecule has 0 fully saturated rings. The van der Waals surface area contributed by atoms with Crippen LogP contribution in [-0.2, 0) is 0 Å². The number of nitro groups is 1. The van der Waals surface area contributed by atoms with Gasteiger partial charge in [0.05, 0.1) is 16.6 Å². The average molecular weight is 358 g/mol. The summed E-state index contributed by atoms with van der Waals surface area (Å²) in [5.41, 5.74) is -0.852. The van der Waals surface area contributed by atoms with Gasteiger partial charge in [0.2, 0.25) is 0 Å². The van der Waals surface area contributed by atoms with Crippen molar-refractivity contribution in [2.45, 2.75) is 0 Å². The van der Waals surface area contributed by atoms with Crippen LogP contribution >= 0.6 is 15.9 Å². The summed E-state index contributed by atoms with van der Waals surface area (Å²) in [7, 11) is 0. The zero-order valence-electron chi connectivity index (χ0n) is 10.1. The SMILES string of the molecule is O=C(Nc1ccc(F)c(Br)n1)c1ccc([N+](=O)[O-])cc1F. The van der Waals surface area contributed by atoms with Crippen LogP contribution in [0.5, 0.6) is 0 Å². The van der Waals surface area contributed by atoms with Gasteiger partial charge in [0.1, 0.15) is 16.2 Å². The fourth-order valence-corrected chi connectivity index (χ4v) is 1.80. The van der Waals surface area contributed by atoms with Crippen molar-refractivity contribution in [3.05, 3.63) is 62.2 Å². The molecule has 0 bridgehead atoms. The van der Waals surface area contributed by atoms with Crippen LogP contribution in [0.1, 0.15) is 10.4 Å². The Morgan fingerprint density at radius 1 is 1.24 bits per heavy atom. The molecule has 1 heterocycles. The molecule has 2 rings (SSSR count). The third-order valence-corrected chi connectivity index (χ3v) is 3.01. The minimum Gasteiger partial charge on any atom is -0.306 e. The molecule has 0 aliphatic rings. The molecule has 0 radical (unpaired) electrons. The van der Waals surface area contributed by atoms with Gasteiger partial charge in [-0.15, -0.1) is 0 Å². The van der Waals surface area contributed by atoms with E-state index >= 15 is 0 Å². The summed E-state index contributed by atoms with van der Waals surface area (Å²) in [4.78, 5) is 25.2. The Balaban J connectivity index is 2.24. The Bertz CT molecular complexity index is 740. The van der Waals surface area contributed by atoms with E-state index in [1.807, 2.05) is 0 Å². The average Bonchev–Trinajstić information content (AvgIpc) is 2.42. The van der Waals surface area contributed by atoms with Gasteiger partial charge in [0.25, 0.3) is 11.6 Å². The summed E-state index contributed by atoms with van der Waals surface area (Å²) >= 11 is 2.85. The first-order valence-corrected chi connectivity index (χ1v) is 6.25. The topological polar surface area (TPSA) is 85.1 Å². The normalized spacial score (nSPS) is 10.2. The van der Waals surface area contributed by atoms with Gasteiger partial charge in [-0.3, -0.25) is 14.9 Å². The van der Waals surface area contributed by atoms with Crippen molar-refractivity contribution >= 4 is 33.3 Å². The molecule has 1 aromatic carbocycles. The third-order valence-electron chi connectivity index (χ3n) is 2.45. The highest BCUT2D eigenvalue weighted by molar-refractivity contribution is 9.10. The second-order valence-corrected chi connectivity index (χ2v) is 4.60. The predicted octanol–water partition coefficient (Wildman–Crippen LogP) is 3.28. The molecular formula is C12H6BrF2N3O3. The number of anilines is 1. The van der Waals surface area contributed by atoms with E-state index in [4.69, 9.17) is 0 Å². The molecule has 1 N–H and O–H groups in total. The van der Waals surface area contributed by atoms with E-state index in [2.05, 4.69) is 26.2 Å². The molecule has 2 aromatic rings. The molecule has 0 aliphatic heterocycles. The number of nitro benzene ring substituents is 1. The summed E-state index contributed by atoms with van der Waals surface area (Å²) in [5.74, 6) is -2.50. The van der Waals surface area contributed by atoms with Gasteiger partial charge in [-0.05, 0) is 34.1 Å². The van der Waals surface area contributed by atoms with Crippen LogP contribution in [0.4, 0.5) is 20.3 Å². The van der Waals surface area contributed by atoms with Crippen LogP contribution in [0.15, 0.2) is 34.9 Å². The zero-order valence-corrected chi connectivity index (χ0v) is 11.7. The van der Waals surface area contributed by atoms with Crippen molar-refractivity contribution in [2.24, 2.45) is 0 Å². The summed E-state index contributed by atoms with van der Waals surface area (Å²) < 4.78 is 26.5. The number of carbonyl (C=O) groups excluding carboxylic acids is 1. The van der Waals surface area contributed by atoms with E-state index in [9.17, 15) is 23.7 Å². The van der Waals surface area contributed by atoms with E-state index in [1.165, 1.54) is 6.07 Å². The number of benzene rings is 1. The van der Waals surface area contributed by atoms with Crippen molar-refractivity contribution in [3.63, 3.8) is 0 Å². The van der Waals surface area contributed by atoms with E-state index in [1.54, 1.807) is 0 Å². The lowest BCUT2D eigenvalue weighted by Crippen LogP contribution is -2.15. The van der Waals surface area contributed by atoms with Crippen LogP contribution < -0.4 is 5.32 Å². The van der Waals surface area contributed by atoms with Gasteiger partial charge in [0.15, 0.2) is 5.82 Å². The first-order valence-electron chi connectivity index (χ1n) is 5.46. The maximum atomic E-state index is 13.7. The number of nitrogens with zero attached hydrogens (tertiary/aromatic N) is 2. The predicted molar refractivity (Wildman–Crippen MR) is 72.9 cm³/mol. The third kappa shape index (κ3) is 3.37. The lowest BCUT2D eigenvalue weighted by Gasteiger charge is -2.06. The molecule has 9 heteroatoms. The van der Waals surface area contributed by atoms with Gasteiger partial charge in [0, 0.05) is 6.07 Å². The van der Waals surface area contributed by atoms with Crippen molar-refractivity contribution < 1.29 is 18.5 Å². The fourth-order valence-electron chi connectivity index (χ4n) is 1.47. The van der Waals surface area contributed by atoms with Crippen molar-refractivity contribution in [1.29, 1.82) is 0 Å². The molecule has 0 atom stereocenters. The van der Waals surface area contributed by atoms with Crippen LogP contribution in [0, 0.1) is 21.7 Å². The van der Waals surface area contributed by atoms with Crippen molar-refractivity contribution in [3.8, 4) is 0 Å². The van der Waals surface area contributed by atoms with Crippen LogP contribution in [0.25, 0.3) is 0 Å². The number of nitrogens with one attached hydrogen (secondary N) is 1. The highest BCUT2D eigenvalue weighted by atomic mass is 79.9. The second kappa shape index (κ2) is 5.92. The quantitative estimate of drug-likeness (QED) is 0.518. The molecule has 21 heavy (non-hydrogen) atoms. The summed E-state index contributed by atoms with van der Waals surface area (Å²) in [6, 6.07) is 4.90. The Morgan fingerprint density at radius 2 is 1.95 bits per heavy atom. The van der Waals surface area contributed by atoms with Gasteiger partial charge in [-0.1, -0.05) is 0 Å². The highest BCUT2D eigenvalue weighted by Gasteiger charge is 2.17. The number of pyridine rings is 1. The lowest BCUT2D eigenvalue weighted by molar-refractivity contribution is -0.385. The number of carbonyl (C=O) groups is 1. The number of aromatic nitrogens is 1. The van der Waals surface area contributed by atoms with E-state index in [-0.39, 0.29) is 16.0 Å². The molecule has 0 spiro atoms. The summed E-state index contributed by atoms with van der Waals surface area (Å²) in [6.45, 7) is 0. The smallest absolute Gasteiger partial charge is 0.272 e. The number of amides is 1. The Hall–Kier alpha value is -2.42. The van der Waals surface area contributed by atoms with Gasteiger partial charge >= 0.3 is 0 Å². The minimum atomic E-state index is -1.04. The number of non-ortho nitro benzene ring substituents is 1. The van der Waals surface area contributed by atoms with Gasteiger partial charge in [-0.2, -0.15) is 0 Å². The maximum absolute atomic E-state index is 13.7. The van der Waals surface area contributed by atoms with Crippen LogP contribution in [-0.4, -0.2) is 15.8 Å². The standard InChI is InChI=1S/C12H6BrF2N3O3/c13-11-8(14)3-4-10(16-11)17-12(19)7-2-1-6(18(20)21)5-9(7)15/h1-5H,(H,16,17,19). The Labute approximate surface area is 125 Å². The first kappa shape index (κ1) is 15.0. The molecule has 108 valence electrons.